The van der Waals surface area contributed by atoms with E-state index in [2.05, 4.69) is 12.1 Å². The third-order valence-corrected chi connectivity index (χ3v) is 4.78. The van der Waals surface area contributed by atoms with E-state index in [1.807, 2.05) is 6.07 Å². The average Bonchev–Trinajstić information content (AvgIpc) is 2.68. The van der Waals surface area contributed by atoms with Crippen LogP contribution in [0.2, 0.25) is 0 Å². The Hall–Kier alpha value is -1.31. The molecule has 0 heterocycles. The normalized spacial score (nSPS) is 20.9. The summed E-state index contributed by atoms with van der Waals surface area (Å²) in [5.41, 5.74) is 4.33. The van der Waals surface area contributed by atoms with Gasteiger partial charge in [-0.25, -0.2) is 0 Å². The van der Waals surface area contributed by atoms with Gasteiger partial charge in [0.15, 0.2) is 0 Å². The first kappa shape index (κ1) is 11.8. The second-order valence-corrected chi connectivity index (χ2v) is 5.90. The molecule has 0 aromatic heterocycles. The average molecular weight is 244 g/mol. The van der Waals surface area contributed by atoms with E-state index in [-0.39, 0.29) is 6.42 Å². The topological polar surface area (TPSA) is 37.3 Å². The Morgan fingerprint density at radius 1 is 1.17 bits per heavy atom. The molecular weight excluding hydrogens is 224 g/mol. The van der Waals surface area contributed by atoms with Gasteiger partial charge >= 0.3 is 5.97 Å². The molecule has 0 unspecified atom stereocenters. The fraction of sp³-hybridized carbons (Fsp3) is 0.562. The predicted molar refractivity (Wildman–Crippen MR) is 70.9 cm³/mol. The molecule has 1 spiro atoms. The lowest BCUT2D eigenvalue weighted by Gasteiger charge is -2.34. The molecule has 3 rings (SSSR count). The van der Waals surface area contributed by atoms with Gasteiger partial charge in [0.1, 0.15) is 0 Å². The minimum atomic E-state index is -0.736. The van der Waals surface area contributed by atoms with Crippen molar-refractivity contribution in [3.05, 3.63) is 34.9 Å². The number of hydrogen-bond donors (Lipinski definition) is 1. The van der Waals surface area contributed by atoms with Crippen LogP contribution in [0.3, 0.4) is 0 Å². The summed E-state index contributed by atoms with van der Waals surface area (Å²) in [7, 11) is 0. The molecule has 96 valence electrons. The first-order valence-electron chi connectivity index (χ1n) is 7.04. The van der Waals surface area contributed by atoms with Crippen molar-refractivity contribution in [1.82, 2.24) is 0 Å². The van der Waals surface area contributed by atoms with Gasteiger partial charge in [0.25, 0.3) is 0 Å². The van der Waals surface area contributed by atoms with E-state index in [9.17, 15) is 4.79 Å². The molecule has 1 aromatic carbocycles. The second-order valence-electron chi connectivity index (χ2n) is 5.90. The number of carboxylic acid groups (broad SMARTS) is 1. The van der Waals surface area contributed by atoms with E-state index in [1.54, 1.807) is 0 Å². The van der Waals surface area contributed by atoms with Crippen LogP contribution in [0.1, 0.15) is 55.2 Å². The Bertz CT molecular complexity index is 470. The summed E-state index contributed by atoms with van der Waals surface area (Å²) in [4.78, 5) is 10.8. The van der Waals surface area contributed by atoms with Gasteiger partial charge in [0.2, 0.25) is 0 Å². The summed E-state index contributed by atoms with van der Waals surface area (Å²) < 4.78 is 0. The van der Waals surface area contributed by atoms with Crippen LogP contribution in [0, 0.1) is 0 Å². The number of carbonyl (C=O) groups is 1. The van der Waals surface area contributed by atoms with Crippen LogP contribution >= 0.6 is 0 Å². The van der Waals surface area contributed by atoms with E-state index in [4.69, 9.17) is 5.11 Å². The van der Waals surface area contributed by atoms with Crippen molar-refractivity contribution in [2.75, 3.05) is 0 Å². The Morgan fingerprint density at radius 2 is 1.94 bits per heavy atom. The van der Waals surface area contributed by atoms with E-state index in [0.717, 1.165) is 12.0 Å². The molecule has 2 aliphatic rings. The molecule has 0 bridgehead atoms. The third-order valence-electron chi connectivity index (χ3n) is 4.78. The van der Waals surface area contributed by atoms with Crippen molar-refractivity contribution in [3.8, 4) is 0 Å². The van der Waals surface area contributed by atoms with Gasteiger partial charge in [0, 0.05) is 0 Å². The first-order valence-corrected chi connectivity index (χ1v) is 7.04. The van der Waals surface area contributed by atoms with Gasteiger partial charge in [0.05, 0.1) is 6.42 Å². The molecule has 0 radical (unpaired) electrons. The summed E-state index contributed by atoms with van der Waals surface area (Å²) in [6, 6.07) is 6.37. The summed E-state index contributed by atoms with van der Waals surface area (Å²) in [5, 5.41) is 8.86. The van der Waals surface area contributed by atoms with Gasteiger partial charge in [-0.2, -0.15) is 0 Å². The van der Waals surface area contributed by atoms with Crippen molar-refractivity contribution in [3.63, 3.8) is 0 Å². The van der Waals surface area contributed by atoms with E-state index in [0.29, 0.717) is 5.41 Å². The summed E-state index contributed by atoms with van der Waals surface area (Å²) >= 11 is 0. The number of hydrogen-bond acceptors (Lipinski definition) is 1. The lowest BCUT2D eigenvalue weighted by Crippen LogP contribution is -2.25. The highest BCUT2D eigenvalue weighted by atomic mass is 16.4. The van der Waals surface area contributed by atoms with Crippen LogP contribution in [-0.2, 0) is 23.1 Å². The largest absolute Gasteiger partial charge is 0.481 e. The fourth-order valence-electron chi connectivity index (χ4n) is 3.91. The maximum atomic E-state index is 10.8. The summed E-state index contributed by atoms with van der Waals surface area (Å²) in [6.45, 7) is 0. The zero-order valence-electron chi connectivity index (χ0n) is 10.7. The maximum absolute atomic E-state index is 10.8. The quantitative estimate of drug-likeness (QED) is 0.865. The van der Waals surface area contributed by atoms with E-state index < -0.39 is 5.97 Å². The monoisotopic (exact) mass is 244 g/mol. The van der Waals surface area contributed by atoms with Crippen LogP contribution in [0.4, 0.5) is 0 Å². The molecule has 0 amide bonds. The standard InChI is InChI=1S/C16H20O2/c17-15(18)11-12-4-5-14-13(10-12)6-9-16(14)7-2-1-3-8-16/h4-5,10H,1-3,6-9,11H2,(H,17,18). The number of rotatable bonds is 2. The second kappa shape index (κ2) is 4.42. The van der Waals surface area contributed by atoms with E-state index >= 15 is 0 Å². The third kappa shape index (κ3) is 1.94. The van der Waals surface area contributed by atoms with Gasteiger partial charge in [-0.05, 0) is 47.8 Å². The molecular formula is C16H20O2. The lowest BCUT2D eigenvalue weighted by atomic mass is 9.70. The Labute approximate surface area is 108 Å². The van der Waals surface area contributed by atoms with Gasteiger partial charge in [-0.1, -0.05) is 37.5 Å². The molecule has 1 aromatic rings. The molecule has 1 saturated carbocycles. The van der Waals surface area contributed by atoms with Gasteiger partial charge in [-0.15, -0.1) is 0 Å². The minimum absolute atomic E-state index is 0.153. The van der Waals surface area contributed by atoms with Crippen molar-refractivity contribution >= 4 is 5.97 Å². The zero-order chi connectivity index (χ0) is 12.6. The highest BCUT2D eigenvalue weighted by Gasteiger charge is 2.39. The highest BCUT2D eigenvalue weighted by Crippen LogP contribution is 2.48. The van der Waals surface area contributed by atoms with Crippen LogP contribution in [0.25, 0.3) is 0 Å². The smallest absolute Gasteiger partial charge is 0.307 e. The predicted octanol–water partition coefficient (Wildman–Crippen LogP) is 3.46. The van der Waals surface area contributed by atoms with Crippen LogP contribution in [0.15, 0.2) is 18.2 Å². The molecule has 2 nitrogen and oxygen atoms in total. The van der Waals surface area contributed by atoms with Crippen molar-refractivity contribution in [1.29, 1.82) is 0 Å². The lowest BCUT2D eigenvalue weighted by molar-refractivity contribution is -0.136. The Balaban J connectivity index is 1.91. The zero-order valence-corrected chi connectivity index (χ0v) is 10.7. The fourth-order valence-corrected chi connectivity index (χ4v) is 3.91. The molecule has 0 aliphatic heterocycles. The molecule has 0 atom stereocenters. The summed E-state index contributed by atoms with van der Waals surface area (Å²) in [5.74, 6) is -0.736. The molecule has 2 heteroatoms. The Morgan fingerprint density at radius 3 is 2.67 bits per heavy atom. The number of fused-ring (bicyclic) bond motifs is 2. The number of carboxylic acids is 1. The number of benzene rings is 1. The van der Waals surface area contributed by atoms with E-state index in [1.165, 1.54) is 49.7 Å². The van der Waals surface area contributed by atoms with Crippen molar-refractivity contribution in [2.24, 2.45) is 0 Å². The molecule has 1 fully saturated rings. The van der Waals surface area contributed by atoms with Gasteiger partial charge < -0.3 is 5.11 Å². The first-order chi connectivity index (χ1) is 8.70. The highest BCUT2D eigenvalue weighted by molar-refractivity contribution is 5.70. The minimum Gasteiger partial charge on any atom is -0.481 e. The summed E-state index contributed by atoms with van der Waals surface area (Å²) in [6.07, 6.45) is 9.33. The van der Waals surface area contributed by atoms with Crippen molar-refractivity contribution in [2.45, 2.75) is 56.8 Å². The SMILES string of the molecule is O=C(O)Cc1ccc2c(c1)CCC21CCCCC1. The molecule has 1 N–H and O–H groups in total. The maximum Gasteiger partial charge on any atom is 0.307 e. The molecule has 2 aliphatic carbocycles. The number of aryl methyl sites for hydroxylation is 1. The van der Waals surface area contributed by atoms with Crippen LogP contribution < -0.4 is 0 Å². The van der Waals surface area contributed by atoms with Gasteiger partial charge in [-0.3, -0.25) is 4.79 Å². The Kier molecular flexibility index (Phi) is 2.89. The number of aliphatic carboxylic acids is 1. The molecule has 0 saturated heterocycles. The van der Waals surface area contributed by atoms with Crippen molar-refractivity contribution < 1.29 is 9.90 Å². The molecule has 18 heavy (non-hydrogen) atoms. The van der Waals surface area contributed by atoms with Crippen LogP contribution in [0.5, 0.6) is 0 Å². The van der Waals surface area contributed by atoms with Crippen LogP contribution in [-0.4, -0.2) is 11.1 Å².